The van der Waals surface area contributed by atoms with Crippen LogP contribution >= 0.6 is 0 Å². The second-order valence-corrected chi connectivity index (χ2v) is 20.5. The van der Waals surface area contributed by atoms with Gasteiger partial charge >= 0.3 is 47.5 Å². The summed E-state index contributed by atoms with van der Waals surface area (Å²) in [5.41, 5.74) is 0. The van der Waals surface area contributed by atoms with E-state index in [4.69, 9.17) is 18.4 Å². The Morgan fingerprint density at radius 1 is 0.391 bits per heavy atom. The Morgan fingerprint density at radius 2 is 0.667 bits per heavy atom. The van der Waals surface area contributed by atoms with Crippen LogP contribution in [0.3, 0.4) is 0 Å². The van der Waals surface area contributed by atoms with Crippen LogP contribution in [0.4, 0.5) is 0 Å². The number of carbonyl (C=O) groups excluding carboxylic acids is 3. The van der Waals surface area contributed by atoms with Gasteiger partial charge in [0.1, 0.15) is 13.2 Å². The second-order valence-electron chi connectivity index (χ2n) is 19.5. The van der Waals surface area contributed by atoms with E-state index in [2.05, 4.69) is 45.1 Å². The maximum absolute atomic E-state index is 12.8. The van der Waals surface area contributed by atoms with Gasteiger partial charge in [-0.3, -0.25) is 18.6 Å². The van der Waals surface area contributed by atoms with Gasteiger partial charge in [-0.25, -0.2) is 8.42 Å². The van der Waals surface area contributed by atoms with Crippen LogP contribution in [0.2, 0.25) is 0 Å². The van der Waals surface area contributed by atoms with Crippen LogP contribution in [-0.2, 0) is 43.2 Å². The van der Waals surface area contributed by atoms with E-state index in [1.165, 1.54) is 116 Å². The number of esters is 3. The molecule has 0 N–H and O–H groups in total. The minimum Gasteiger partial charge on any atom is -0.726 e. The van der Waals surface area contributed by atoms with Crippen LogP contribution in [0.25, 0.3) is 0 Å². The Hall–Kier alpha value is -1.24. The van der Waals surface area contributed by atoms with Crippen molar-refractivity contribution in [3.8, 4) is 0 Å². The summed E-state index contributed by atoms with van der Waals surface area (Å²) in [6.07, 6.45) is 52.0. The standard InChI is InChI=1S/C57H106O10S.Na/c1-4-7-10-13-16-18-20-22-24-26-28-30-32-38-43-48-55(58)64-51-54(66-57(60)50-45-40-33-31-29-27-25-23-21-19-17-14-11-8-5-2)52-65-56(59)49-44-39-35-34-37-42-47-53(67-68(61,62)63)46-41-36-15-12-9-6-3;/h22-25,53-54H,4-21,26-52H2,1-3H3,(H,61,62,63);/q;+1/p-1. The molecule has 0 aliphatic rings. The monoisotopic (exact) mass is 1000 g/mol. The van der Waals surface area contributed by atoms with Crippen molar-refractivity contribution in [1.29, 1.82) is 0 Å². The Kier molecular flexibility index (Phi) is 55.2. The van der Waals surface area contributed by atoms with Gasteiger partial charge in [-0.1, -0.05) is 218 Å². The molecule has 2 unspecified atom stereocenters. The fourth-order valence-electron chi connectivity index (χ4n) is 8.47. The molecule has 0 amide bonds. The third kappa shape index (κ3) is 55.9. The molecule has 0 saturated carbocycles. The molecular formula is C57H105NaO10S. The van der Waals surface area contributed by atoms with E-state index in [1.54, 1.807) is 0 Å². The molecule has 0 aliphatic heterocycles. The Bertz CT molecular complexity index is 1310. The molecular weight excluding hydrogens is 900 g/mol. The molecule has 0 aromatic rings. The van der Waals surface area contributed by atoms with Crippen LogP contribution in [0.1, 0.15) is 297 Å². The van der Waals surface area contributed by atoms with Crippen molar-refractivity contribution >= 4 is 28.3 Å². The summed E-state index contributed by atoms with van der Waals surface area (Å²) in [5.74, 6) is -1.08. The first-order chi connectivity index (χ1) is 33.1. The van der Waals surface area contributed by atoms with E-state index < -0.39 is 22.6 Å². The third-order valence-corrected chi connectivity index (χ3v) is 13.2. The number of hydrogen-bond donors (Lipinski definition) is 0. The zero-order chi connectivity index (χ0) is 49.9. The largest absolute Gasteiger partial charge is 1.00 e. The molecule has 0 saturated heterocycles. The number of carbonyl (C=O) groups is 3. The first-order valence-electron chi connectivity index (χ1n) is 28.6. The molecule has 0 aromatic heterocycles. The summed E-state index contributed by atoms with van der Waals surface area (Å²) in [4.78, 5) is 38.2. The van der Waals surface area contributed by atoms with Gasteiger partial charge in [-0.15, -0.1) is 0 Å². The predicted octanol–water partition coefficient (Wildman–Crippen LogP) is 13.8. The molecule has 10 nitrogen and oxygen atoms in total. The van der Waals surface area contributed by atoms with Gasteiger partial charge in [0.15, 0.2) is 6.10 Å². The van der Waals surface area contributed by atoms with E-state index in [1.807, 2.05) is 0 Å². The molecule has 0 aliphatic carbocycles. The summed E-state index contributed by atoms with van der Waals surface area (Å²) in [5, 5.41) is 0. The van der Waals surface area contributed by atoms with Crippen LogP contribution in [0.5, 0.6) is 0 Å². The minimum absolute atomic E-state index is 0. The summed E-state index contributed by atoms with van der Waals surface area (Å²) in [7, 11) is -4.73. The van der Waals surface area contributed by atoms with Gasteiger partial charge in [0, 0.05) is 19.3 Å². The van der Waals surface area contributed by atoms with E-state index in [9.17, 15) is 27.4 Å². The van der Waals surface area contributed by atoms with Crippen LogP contribution in [0.15, 0.2) is 24.3 Å². The van der Waals surface area contributed by atoms with Crippen LogP contribution in [0, 0.1) is 0 Å². The molecule has 12 heteroatoms. The van der Waals surface area contributed by atoms with E-state index in [0.29, 0.717) is 25.7 Å². The number of unbranched alkanes of at least 4 members (excludes halogenated alkanes) is 32. The number of hydrogen-bond acceptors (Lipinski definition) is 10. The summed E-state index contributed by atoms with van der Waals surface area (Å²) < 4.78 is 55.4. The van der Waals surface area contributed by atoms with E-state index in [-0.39, 0.29) is 73.5 Å². The second kappa shape index (κ2) is 54.5. The average molecular weight is 1010 g/mol. The zero-order valence-corrected chi connectivity index (χ0v) is 48.1. The van der Waals surface area contributed by atoms with Crippen LogP contribution < -0.4 is 29.6 Å². The van der Waals surface area contributed by atoms with Gasteiger partial charge in [-0.2, -0.15) is 0 Å². The minimum atomic E-state index is -4.73. The topological polar surface area (TPSA) is 145 Å². The van der Waals surface area contributed by atoms with Crippen molar-refractivity contribution < 1.29 is 75.3 Å². The number of rotatable bonds is 53. The molecule has 0 heterocycles. The summed E-state index contributed by atoms with van der Waals surface area (Å²) >= 11 is 0. The van der Waals surface area contributed by atoms with Crippen molar-refractivity contribution in [2.45, 2.75) is 309 Å². The molecule has 69 heavy (non-hydrogen) atoms. The van der Waals surface area contributed by atoms with Crippen molar-refractivity contribution in [3.05, 3.63) is 24.3 Å². The number of allylic oxidation sites excluding steroid dienone is 4. The van der Waals surface area contributed by atoms with Crippen LogP contribution in [-0.4, -0.2) is 56.3 Å². The normalized spacial score (nSPS) is 12.6. The Balaban J connectivity index is 0. The first kappa shape index (κ1) is 69.8. The van der Waals surface area contributed by atoms with Gasteiger partial charge in [0.2, 0.25) is 10.4 Å². The quantitative estimate of drug-likeness (QED) is 0.0110. The molecule has 400 valence electrons. The molecule has 2 atom stereocenters. The summed E-state index contributed by atoms with van der Waals surface area (Å²) in [6, 6.07) is 0. The SMILES string of the molecule is CCCCCCCCC=CCCCCCCCC(=O)OCC(COC(=O)CCCCCCCCC(CCCCCCCC)OS(=O)(=O)[O-])OC(=O)CCCCCCCC=CCCCCCCCC.[Na+]. The van der Waals surface area contributed by atoms with Gasteiger partial charge in [-0.05, 0) is 83.5 Å². The zero-order valence-electron chi connectivity index (χ0n) is 45.3. The third-order valence-electron chi connectivity index (χ3n) is 12.7. The Morgan fingerprint density at radius 3 is 0.986 bits per heavy atom. The molecule has 0 spiro atoms. The van der Waals surface area contributed by atoms with Gasteiger partial charge in [0.05, 0.1) is 6.10 Å². The number of ether oxygens (including phenoxy) is 3. The van der Waals surface area contributed by atoms with Crippen molar-refractivity contribution in [2.75, 3.05) is 13.2 Å². The summed E-state index contributed by atoms with van der Waals surface area (Å²) in [6.45, 7) is 6.38. The van der Waals surface area contributed by atoms with Gasteiger partial charge < -0.3 is 18.8 Å². The Labute approximate surface area is 447 Å². The fourth-order valence-corrected chi connectivity index (χ4v) is 8.99. The van der Waals surface area contributed by atoms with E-state index >= 15 is 0 Å². The molecule has 0 fully saturated rings. The average Bonchev–Trinajstić information content (AvgIpc) is 3.31. The molecule has 0 radical (unpaired) electrons. The maximum Gasteiger partial charge on any atom is 1.00 e. The first-order valence-corrected chi connectivity index (χ1v) is 29.9. The van der Waals surface area contributed by atoms with Gasteiger partial charge in [0.25, 0.3) is 0 Å². The fraction of sp³-hybridized carbons (Fsp3) is 0.877. The van der Waals surface area contributed by atoms with Crippen molar-refractivity contribution in [3.63, 3.8) is 0 Å². The van der Waals surface area contributed by atoms with Crippen molar-refractivity contribution in [2.24, 2.45) is 0 Å². The molecule has 0 bridgehead atoms. The van der Waals surface area contributed by atoms with Crippen molar-refractivity contribution in [1.82, 2.24) is 0 Å². The smallest absolute Gasteiger partial charge is 0.726 e. The maximum atomic E-state index is 12.8. The predicted molar refractivity (Wildman–Crippen MR) is 280 cm³/mol. The molecule has 0 rings (SSSR count). The van der Waals surface area contributed by atoms with E-state index in [0.717, 1.165) is 122 Å². The molecule has 0 aromatic carbocycles.